The van der Waals surface area contributed by atoms with E-state index in [1.54, 1.807) is 6.92 Å². The first-order chi connectivity index (χ1) is 7.88. The Morgan fingerprint density at radius 1 is 1.71 bits per heavy atom. The Hall–Kier alpha value is -1.14. The zero-order chi connectivity index (χ0) is 13.2. The van der Waals surface area contributed by atoms with Crippen LogP contribution in [0.5, 0.6) is 5.75 Å². The fourth-order valence-electron chi connectivity index (χ4n) is 1.66. The first kappa shape index (κ1) is 13.9. The Morgan fingerprint density at radius 3 is 2.76 bits per heavy atom. The summed E-state index contributed by atoms with van der Waals surface area (Å²) in [5, 5.41) is 8.71. The van der Waals surface area contributed by atoms with Crippen molar-refractivity contribution in [1.29, 1.82) is 0 Å². The van der Waals surface area contributed by atoms with E-state index in [-0.39, 0.29) is 6.42 Å². The lowest BCUT2D eigenvalue weighted by Crippen LogP contribution is -2.18. The van der Waals surface area contributed by atoms with Gasteiger partial charge in [-0.3, -0.25) is 4.79 Å². The quantitative estimate of drug-likeness (QED) is 0.896. The van der Waals surface area contributed by atoms with Crippen LogP contribution in [0, 0.1) is 12.7 Å². The van der Waals surface area contributed by atoms with Crippen LogP contribution in [0.15, 0.2) is 10.5 Å². The van der Waals surface area contributed by atoms with Gasteiger partial charge in [-0.25, -0.2) is 4.39 Å². The van der Waals surface area contributed by atoms with Crippen LogP contribution in [0.4, 0.5) is 4.39 Å². The van der Waals surface area contributed by atoms with Gasteiger partial charge in [-0.1, -0.05) is 0 Å². The first-order valence-corrected chi connectivity index (χ1v) is 5.67. The highest BCUT2D eigenvalue weighted by Crippen LogP contribution is 2.37. The molecule has 1 unspecified atom stereocenters. The van der Waals surface area contributed by atoms with Crippen LogP contribution in [0.25, 0.3) is 0 Å². The van der Waals surface area contributed by atoms with Gasteiger partial charge in [-0.05, 0) is 34.5 Å². The third kappa shape index (κ3) is 2.95. The Balaban J connectivity index is 3.33. The molecule has 0 bridgehead atoms. The van der Waals surface area contributed by atoms with Gasteiger partial charge in [0.15, 0.2) is 0 Å². The molecule has 0 saturated heterocycles. The zero-order valence-electron chi connectivity index (χ0n) is 9.46. The molecule has 1 atom stereocenters. The van der Waals surface area contributed by atoms with Crippen LogP contribution < -0.4 is 10.5 Å². The predicted molar refractivity (Wildman–Crippen MR) is 64.6 cm³/mol. The van der Waals surface area contributed by atoms with Gasteiger partial charge in [0.2, 0.25) is 0 Å². The molecule has 0 aromatic heterocycles. The van der Waals surface area contributed by atoms with Crippen molar-refractivity contribution in [3.05, 3.63) is 27.5 Å². The number of rotatable bonds is 4. The number of methoxy groups -OCH3 is 1. The molecule has 0 fully saturated rings. The Kier molecular flexibility index (Phi) is 4.47. The maximum Gasteiger partial charge on any atom is 0.305 e. The van der Waals surface area contributed by atoms with Gasteiger partial charge in [-0.15, -0.1) is 0 Å². The fraction of sp³-hybridized carbons (Fsp3) is 0.364. The van der Waals surface area contributed by atoms with Crippen LogP contribution in [0.2, 0.25) is 0 Å². The molecule has 0 radical (unpaired) electrons. The third-order valence-electron chi connectivity index (χ3n) is 2.45. The van der Waals surface area contributed by atoms with E-state index in [4.69, 9.17) is 15.6 Å². The van der Waals surface area contributed by atoms with Gasteiger partial charge in [0, 0.05) is 11.6 Å². The van der Waals surface area contributed by atoms with Crippen molar-refractivity contribution in [2.45, 2.75) is 19.4 Å². The largest absolute Gasteiger partial charge is 0.495 e. The molecule has 1 aromatic rings. The number of nitrogens with two attached hydrogens (primary N) is 1. The number of hydrogen-bond acceptors (Lipinski definition) is 3. The van der Waals surface area contributed by atoms with Crippen molar-refractivity contribution in [1.82, 2.24) is 0 Å². The molecule has 0 aliphatic rings. The molecule has 94 valence electrons. The molecule has 17 heavy (non-hydrogen) atoms. The number of halogens is 2. The monoisotopic (exact) mass is 305 g/mol. The molecule has 6 heteroatoms. The third-order valence-corrected chi connectivity index (χ3v) is 3.04. The van der Waals surface area contributed by atoms with Crippen molar-refractivity contribution >= 4 is 21.9 Å². The van der Waals surface area contributed by atoms with Crippen molar-refractivity contribution in [3.63, 3.8) is 0 Å². The summed E-state index contributed by atoms with van der Waals surface area (Å²) in [5.74, 6) is -1.12. The standard InChI is InChI=1S/C11H13BrFNO3/c1-5-7(13)3-6(12)11(17-2)10(5)8(14)4-9(15)16/h3,8H,4,14H2,1-2H3,(H,15,16). The SMILES string of the molecule is COc1c(Br)cc(F)c(C)c1C(N)CC(=O)O. The van der Waals surface area contributed by atoms with Gasteiger partial charge in [-0.2, -0.15) is 0 Å². The van der Waals surface area contributed by atoms with Gasteiger partial charge >= 0.3 is 5.97 Å². The van der Waals surface area contributed by atoms with E-state index < -0.39 is 17.8 Å². The van der Waals surface area contributed by atoms with E-state index in [0.29, 0.717) is 21.3 Å². The summed E-state index contributed by atoms with van der Waals surface area (Å²) < 4.78 is 19.1. The van der Waals surface area contributed by atoms with Gasteiger partial charge < -0.3 is 15.6 Å². The van der Waals surface area contributed by atoms with E-state index in [2.05, 4.69) is 15.9 Å². The molecule has 0 aliphatic heterocycles. The maximum absolute atomic E-state index is 13.6. The average Bonchev–Trinajstić information content (AvgIpc) is 2.21. The van der Waals surface area contributed by atoms with Gasteiger partial charge in [0.1, 0.15) is 11.6 Å². The molecular formula is C11H13BrFNO3. The molecule has 0 saturated carbocycles. The summed E-state index contributed by atoms with van der Waals surface area (Å²) in [5.41, 5.74) is 6.44. The summed E-state index contributed by atoms with van der Waals surface area (Å²) in [4.78, 5) is 10.6. The molecule has 1 aromatic carbocycles. The molecule has 3 N–H and O–H groups in total. The molecule has 0 spiro atoms. The number of carboxylic acids is 1. The zero-order valence-corrected chi connectivity index (χ0v) is 11.0. The Labute approximate surface area is 107 Å². The normalized spacial score (nSPS) is 12.3. The highest BCUT2D eigenvalue weighted by molar-refractivity contribution is 9.10. The van der Waals surface area contributed by atoms with Crippen molar-refractivity contribution in [3.8, 4) is 5.75 Å². The molecule has 0 amide bonds. The summed E-state index contributed by atoms with van der Waals surface area (Å²) in [6, 6.07) is 0.458. The minimum Gasteiger partial charge on any atom is -0.495 e. The lowest BCUT2D eigenvalue weighted by Gasteiger charge is -2.18. The summed E-state index contributed by atoms with van der Waals surface area (Å²) in [7, 11) is 1.43. The fourth-order valence-corrected chi connectivity index (χ4v) is 2.23. The van der Waals surface area contributed by atoms with Crippen LogP contribution in [0.1, 0.15) is 23.6 Å². The molecule has 0 aliphatic carbocycles. The van der Waals surface area contributed by atoms with Crippen LogP contribution >= 0.6 is 15.9 Å². The summed E-state index contributed by atoms with van der Waals surface area (Å²) in [6.45, 7) is 1.54. The lowest BCUT2D eigenvalue weighted by molar-refractivity contribution is -0.137. The predicted octanol–water partition coefficient (Wildman–Crippen LogP) is 2.38. The maximum atomic E-state index is 13.6. The lowest BCUT2D eigenvalue weighted by atomic mass is 9.98. The van der Waals surface area contributed by atoms with Crippen molar-refractivity contribution in [2.75, 3.05) is 7.11 Å². The minimum atomic E-state index is -1.04. The first-order valence-electron chi connectivity index (χ1n) is 4.88. The van der Waals surface area contributed by atoms with E-state index >= 15 is 0 Å². The highest BCUT2D eigenvalue weighted by atomic mass is 79.9. The number of hydrogen-bond donors (Lipinski definition) is 2. The topological polar surface area (TPSA) is 72.5 Å². The molecule has 1 rings (SSSR count). The van der Waals surface area contributed by atoms with Crippen LogP contribution in [-0.2, 0) is 4.79 Å². The molecule has 0 heterocycles. The number of carboxylic acid groups (broad SMARTS) is 1. The second-order valence-corrected chi connectivity index (χ2v) is 4.47. The second kappa shape index (κ2) is 5.46. The van der Waals surface area contributed by atoms with Gasteiger partial charge in [0.05, 0.1) is 18.0 Å². The van der Waals surface area contributed by atoms with E-state index in [0.717, 1.165) is 0 Å². The minimum absolute atomic E-state index is 0.285. The van der Waals surface area contributed by atoms with Crippen LogP contribution in [0.3, 0.4) is 0 Å². The smallest absolute Gasteiger partial charge is 0.305 e. The number of ether oxygens (including phenoxy) is 1. The summed E-state index contributed by atoms with van der Waals surface area (Å²) in [6.07, 6.45) is -0.285. The number of aliphatic carboxylic acids is 1. The van der Waals surface area contributed by atoms with Gasteiger partial charge in [0.25, 0.3) is 0 Å². The van der Waals surface area contributed by atoms with E-state index in [9.17, 15) is 9.18 Å². The molecular weight excluding hydrogens is 293 g/mol. The Bertz CT molecular complexity index is 451. The number of carbonyl (C=O) groups is 1. The van der Waals surface area contributed by atoms with Crippen molar-refractivity contribution in [2.24, 2.45) is 5.73 Å². The second-order valence-electron chi connectivity index (χ2n) is 3.62. The van der Waals surface area contributed by atoms with E-state index in [1.807, 2.05) is 0 Å². The number of benzene rings is 1. The summed E-state index contributed by atoms with van der Waals surface area (Å²) >= 11 is 3.16. The average molecular weight is 306 g/mol. The van der Waals surface area contributed by atoms with Crippen LogP contribution in [-0.4, -0.2) is 18.2 Å². The highest BCUT2D eigenvalue weighted by Gasteiger charge is 2.22. The van der Waals surface area contributed by atoms with Crippen molar-refractivity contribution < 1.29 is 19.0 Å². The Morgan fingerprint density at radius 2 is 2.29 bits per heavy atom. The van der Waals surface area contributed by atoms with E-state index in [1.165, 1.54) is 13.2 Å². The molecule has 4 nitrogen and oxygen atoms in total.